The van der Waals surface area contributed by atoms with Crippen molar-refractivity contribution < 1.29 is 245 Å². The fourth-order valence-corrected chi connectivity index (χ4v) is 14.8. The van der Waals surface area contributed by atoms with Crippen molar-refractivity contribution in [3.63, 3.8) is 0 Å². The van der Waals surface area contributed by atoms with Gasteiger partial charge in [0.2, 0.25) is 0 Å². The number of sulfone groups is 2. The zero-order valence-corrected chi connectivity index (χ0v) is 95.7. The van der Waals surface area contributed by atoms with Crippen LogP contribution in [0.3, 0.4) is 0 Å². The molecule has 10 rings (SSSR count). The van der Waals surface area contributed by atoms with E-state index in [-0.39, 0.29) is 208 Å². The van der Waals surface area contributed by atoms with Gasteiger partial charge in [-0.1, -0.05) is 212 Å². The maximum Gasteiger partial charge on any atom is 1.00 e. The Labute approximate surface area is 913 Å². The number of hydrogen-bond donors (Lipinski definition) is 0. The van der Waals surface area contributed by atoms with Gasteiger partial charge in [-0.2, -0.15) is 51.7 Å². The summed E-state index contributed by atoms with van der Waals surface area (Å²) in [5.41, 5.74) is 8.40. The van der Waals surface area contributed by atoms with E-state index < -0.39 is 55.4 Å². The predicted molar refractivity (Wildman–Crippen MR) is 511 cm³/mol. The van der Waals surface area contributed by atoms with Gasteiger partial charge in [0.15, 0.2) is 63.7 Å². The van der Waals surface area contributed by atoms with E-state index in [0.29, 0.717) is 78.8 Å². The van der Waals surface area contributed by atoms with Gasteiger partial charge in [-0.25, -0.2) is 16.8 Å². The van der Waals surface area contributed by atoms with E-state index in [1.807, 2.05) is 127 Å². The minimum absolute atomic E-state index is 0. The van der Waals surface area contributed by atoms with E-state index in [2.05, 4.69) is 103 Å². The molecule has 7 fully saturated rings. The van der Waals surface area contributed by atoms with Gasteiger partial charge >= 0.3 is 145 Å². The molecule has 7 aliphatic rings. The maximum absolute atomic E-state index is 13.5. The summed E-state index contributed by atoms with van der Waals surface area (Å²) in [6, 6.07) is 29.5. The molecule has 0 radical (unpaired) electrons. The first kappa shape index (κ1) is 134. The number of carbonyl (C=O) groups excluding carboxylic acids is 3. The summed E-state index contributed by atoms with van der Waals surface area (Å²) >= 11 is 10.4. The molecule has 0 aromatic heterocycles. The molecule has 0 saturated carbocycles. The van der Waals surface area contributed by atoms with Gasteiger partial charge in [0.05, 0.1) is 113 Å². The van der Waals surface area contributed by atoms with Gasteiger partial charge < -0.3 is 76.6 Å². The van der Waals surface area contributed by atoms with Gasteiger partial charge in [-0.05, 0) is 143 Å². The Morgan fingerprint density at radius 2 is 0.629 bits per heavy atom. The third-order valence-corrected chi connectivity index (χ3v) is 23.1. The number of carbonyl (C=O) groups is 2. The smallest absolute Gasteiger partial charge is 0.870 e. The Hall–Kier alpha value is -2.22. The van der Waals surface area contributed by atoms with Crippen molar-refractivity contribution in [3.05, 3.63) is 226 Å². The van der Waals surface area contributed by atoms with Crippen molar-refractivity contribution >= 4 is 73.3 Å². The minimum atomic E-state index is -3.62. The molecule has 3 aromatic carbocycles. The number of allylic oxidation sites excluding steroid dienone is 13. The molecule has 7 heterocycles. The van der Waals surface area contributed by atoms with Crippen LogP contribution in [0, 0.1) is 44.0 Å². The Morgan fingerprint density at radius 3 is 0.871 bits per heavy atom. The maximum atomic E-state index is 13.5. The molecule has 7 saturated heterocycles. The molecule has 0 aliphatic carbocycles. The molecule has 132 heavy (non-hydrogen) atoms. The summed E-state index contributed by atoms with van der Waals surface area (Å²) in [6.45, 7) is 57.3. The average molecular weight is 2000 g/mol. The van der Waals surface area contributed by atoms with Crippen molar-refractivity contribution in [1.82, 2.24) is 0 Å². The van der Waals surface area contributed by atoms with Crippen LogP contribution in [0.25, 0.3) is 0 Å². The fraction of sp³-hybridized carbons (Fsp3) is 0.570. The van der Waals surface area contributed by atoms with E-state index in [0.717, 1.165) is 104 Å². The SMILES string of the molecule is C/C(=C\CC(/C=C(\C)C1OCC(C)(C)CO1)S(=O)(=O)c1ccccc1)C1OCC(C)(C)CO1.C/C(=C\CCl)C1OCC(C)(C)CO1.C/C(=C\CCl)C1OCC(C)(C)CO1.C/C(=C\CS(=O)(=O)c1ccccc1)C1OCC(C)(C)CO1.C[C-]=O.C\C(=C/C=C/C=C(\C)C1OCC(C)(C)CO1)C1OCC(C)(C)CO1.C\C(C=O)=C/C=C/C=C(\C)C=O.O=S=O.[H+].[K+].[K+].[Na+].[OH-].[c-]1ccccc1. The molecule has 1 N–H and O–H groups in total. The Kier molecular flexibility index (Phi) is 70.6. The summed E-state index contributed by atoms with van der Waals surface area (Å²) in [5, 5.41) is -0.767. The normalized spacial score (nSPS) is 20.8. The molecule has 7 aliphatic heterocycles. The number of benzene rings is 3. The van der Waals surface area contributed by atoms with Crippen LogP contribution in [0.4, 0.5) is 0 Å². The molecular weight excluding hydrogens is 1850 g/mol. The molecule has 0 amide bonds. The second-order valence-corrected chi connectivity index (χ2v) is 42.5. The zero-order valence-electron chi connectivity index (χ0n) is 84.5. The van der Waals surface area contributed by atoms with Crippen LogP contribution in [-0.4, -0.2) is 209 Å². The molecular formula is C100H148Cl2K2NaO24S3+. The Morgan fingerprint density at radius 1 is 0.402 bits per heavy atom. The monoisotopic (exact) mass is 2000 g/mol. The van der Waals surface area contributed by atoms with Gasteiger partial charge in [-0.3, -0.25) is 15.9 Å². The van der Waals surface area contributed by atoms with E-state index >= 15 is 0 Å². The van der Waals surface area contributed by atoms with Gasteiger partial charge in [0.25, 0.3) is 0 Å². The van der Waals surface area contributed by atoms with Crippen molar-refractivity contribution in [2.75, 3.05) is 110 Å². The molecule has 726 valence electrons. The van der Waals surface area contributed by atoms with Crippen LogP contribution in [0.15, 0.2) is 230 Å². The molecule has 1 atom stereocenters. The zero-order chi connectivity index (χ0) is 96.4. The summed E-state index contributed by atoms with van der Waals surface area (Å²) in [6.07, 6.45) is 25.1. The standard InChI is InChI=1S/C26H38O6S.C20H32O4.C16H22O4S.2C10H17ClO2.C10H12O2.C6H5.C2H3O.2K.Na.O2S.H2O/c1-19(23-29-15-25(3,4)16-30-23)12-13-22(33(27,28)21-10-8-7-9-11-21)14-20(2)24-31-17-26(5,6)18-32-24;1-15(17-21-11-19(3,4)12-22-17)9-7-8-10-16(2)18-23-13-20(5,6)14-24-18;1-13(15-19-11-16(2,3)12-20-15)9-10-21(17,18)14-7-5-4-6-8-14;2*1-8(4-5-11)9-12-6-10(2,3)7-13-9;1-9(7-11)5-3-4-6-10(2)8-12;1-2-4-6-5-3-1;1-2-3;;;;1-3-2;/h7-12,14,22-24H,13,15-18H2,1-6H3;7-10,17-18H,11-14H2,1-6H3;4-9,15H,10-12H2,1-3H3;2*4,9H,5-7H2,1-3H3;3-8H,1-2H3;1-5H;1H3;;;;;1H2/q;;;;;;2*-1;3*+1;;/b19-12+,20-14+;8-7+,15-9+,16-10+;13-9+;2*8-4+;4-3+,9-5+,10-6+;;;;;;;. The molecule has 3 aromatic rings. The number of ether oxygens (including phenoxy) is 14. The van der Waals surface area contributed by atoms with Crippen molar-refractivity contribution in [2.45, 2.75) is 232 Å². The van der Waals surface area contributed by atoms with Crippen LogP contribution in [-0.2, 0) is 112 Å². The quantitative estimate of drug-likeness (QED) is 0.0162. The Bertz CT molecular complexity index is 4220. The molecule has 24 nitrogen and oxygen atoms in total. The largest absolute Gasteiger partial charge is 1.00 e. The van der Waals surface area contributed by atoms with E-state index in [1.54, 1.807) is 105 Å². The van der Waals surface area contributed by atoms with Crippen molar-refractivity contribution in [3.8, 4) is 0 Å². The van der Waals surface area contributed by atoms with Crippen molar-refractivity contribution in [1.29, 1.82) is 0 Å². The van der Waals surface area contributed by atoms with E-state index in [1.165, 1.54) is 13.2 Å². The number of aldehydes is 2. The number of alkyl halides is 2. The second-order valence-electron chi connectivity index (χ2n) is 37.6. The minimum Gasteiger partial charge on any atom is -0.870 e. The third-order valence-electron chi connectivity index (χ3n) is 19.1. The third kappa shape index (κ3) is 57.6. The Balaban J connectivity index is -0.000000749. The van der Waals surface area contributed by atoms with Gasteiger partial charge in [-0.15, -0.1) is 23.2 Å². The summed E-state index contributed by atoms with van der Waals surface area (Å²) in [4.78, 5) is 29.5. The van der Waals surface area contributed by atoms with Crippen LogP contribution >= 0.6 is 23.2 Å². The first-order chi connectivity index (χ1) is 60.0. The molecule has 0 bridgehead atoms. The molecule has 1 unspecified atom stereocenters. The predicted octanol–water partition coefficient (Wildman–Crippen LogP) is 10.8. The summed E-state index contributed by atoms with van der Waals surface area (Å²) < 4.78 is 148. The summed E-state index contributed by atoms with van der Waals surface area (Å²) in [5.74, 6) is 0.979. The summed E-state index contributed by atoms with van der Waals surface area (Å²) in [7, 11) is -6.92. The average Bonchev–Trinajstić information content (AvgIpc) is 0.800. The van der Waals surface area contributed by atoms with Crippen LogP contribution < -0.4 is 132 Å². The molecule has 0 spiro atoms. The number of hydrogen-bond acceptors (Lipinski definition) is 24. The van der Waals surface area contributed by atoms with Crippen LogP contribution in [0.2, 0.25) is 0 Å². The second kappa shape index (κ2) is 69.6. The number of rotatable bonds is 23. The fourth-order valence-electron chi connectivity index (χ4n) is 11.4. The van der Waals surface area contributed by atoms with E-state index in [9.17, 15) is 26.4 Å². The van der Waals surface area contributed by atoms with Crippen molar-refractivity contribution in [2.24, 2.45) is 37.9 Å². The molecule has 32 heteroatoms. The number of halogens is 2. The van der Waals surface area contributed by atoms with Gasteiger partial charge in [0.1, 0.15) is 12.6 Å². The topological polar surface area (TPSA) is 313 Å². The van der Waals surface area contributed by atoms with Gasteiger partial charge in [0, 0.05) is 49.7 Å². The van der Waals surface area contributed by atoms with Crippen LogP contribution in [0.5, 0.6) is 0 Å². The first-order valence-corrected chi connectivity index (χ1v) is 47.7. The van der Waals surface area contributed by atoms with E-state index in [4.69, 9.17) is 103 Å². The first-order valence-electron chi connectivity index (χ1n) is 42.7. The van der Waals surface area contributed by atoms with Crippen LogP contribution in [0.1, 0.15) is 174 Å².